The van der Waals surface area contributed by atoms with Crippen LogP contribution in [-0.2, 0) is 7.80 Å². The molecule has 1 saturated heterocycles. The third-order valence-electron chi connectivity index (χ3n) is 2.86. The highest BCUT2D eigenvalue weighted by molar-refractivity contribution is 14.1. The Morgan fingerprint density at radius 3 is 2.94 bits per heavy atom. The molecule has 0 bridgehead atoms. The van der Waals surface area contributed by atoms with Gasteiger partial charge in [-0.3, -0.25) is 14.3 Å². The molecule has 7 heteroatoms. The van der Waals surface area contributed by atoms with E-state index in [0.717, 1.165) is 6.42 Å². The Kier molecular flexibility index (Phi) is 4.00. The number of ether oxygens (including phenoxy) is 1. The quantitative estimate of drug-likeness (QED) is 0.823. The molecule has 0 spiro atoms. The van der Waals surface area contributed by atoms with Crippen LogP contribution in [0.4, 0.5) is 0 Å². The highest BCUT2D eigenvalue weighted by Crippen LogP contribution is 2.32. The van der Waals surface area contributed by atoms with E-state index in [2.05, 4.69) is 4.98 Å². The predicted octanol–water partition coefficient (Wildman–Crippen LogP) is 0.969. The number of aromatic nitrogens is 2. The lowest BCUT2D eigenvalue weighted by Gasteiger charge is -2.14. The van der Waals surface area contributed by atoms with E-state index in [-0.39, 0.29) is 18.4 Å². The summed E-state index contributed by atoms with van der Waals surface area (Å²) in [6.07, 6.45) is 2.47. The molecule has 1 aliphatic rings. The molecule has 6 nitrogen and oxygen atoms in total. The van der Waals surface area contributed by atoms with E-state index in [0.29, 0.717) is 6.42 Å². The number of nitrogens with zero attached hydrogens (tertiary/aromatic N) is 1. The fourth-order valence-electron chi connectivity index (χ4n) is 1.98. The Morgan fingerprint density at radius 1 is 1.65 bits per heavy atom. The topological polar surface area (TPSA) is 73.3 Å². The van der Waals surface area contributed by atoms with Crippen LogP contribution < -0.4 is 11.2 Å². The molecule has 1 aromatic heterocycles. The number of H-pyrrole nitrogens is 1. The number of rotatable bonds is 3. The summed E-state index contributed by atoms with van der Waals surface area (Å²) >= 11 is 1.85. The normalized spacial score (nSPS) is 28.5. The van der Waals surface area contributed by atoms with Crippen LogP contribution in [0, 0.1) is 0 Å². The van der Waals surface area contributed by atoms with Crippen molar-refractivity contribution in [3.63, 3.8) is 0 Å². The lowest BCUT2D eigenvalue weighted by atomic mass is 10.1. The summed E-state index contributed by atoms with van der Waals surface area (Å²) in [4.78, 5) is 24.8. The van der Waals surface area contributed by atoms with Crippen molar-refractivity contribution in [2.75, 3.05) is 0 Å². The maximum Gasteiger partial charge on any atom is 0.330 e. The summed E-state index contributed by atoms with van der Waals surface area (Å²) in [6, 6.07) is 1.31. The molecule has 3 atom stereocenters. The first kappa shape index (κ1) is 12.8. The molecular formula is C10H13IN2O4. The maximum atomic E-state index is 11.6. The highest BCUT2D eigenvalue weighted by Gasteiger charge is 2.36. The van der Waals surface area contributed by atoms with Gasteiger partial charge in [-0.15, -0.1) is 0 Å². The van der Waals surface area contributed by atoms with E-state index in [4.69, 9.17) is 7.80 Å². The molecule has 0 radical (unpaired) electrons. The van der Waals surface area contributed by atoms with Gasteiger partial charge in [0.05, 0.1) is 6.10 Å². The molecule has 1 fully saturated rings. The lowest BCUT2D eigenvalue weighted by Crippen LogP contribution is -2.31. The highest BCUT2D eigenvalue weighted by atomic mass is 127. The van der Waals surface area contributed by atoms with Crippen LogP contribution in [0.1, 0.15) is 26.0 Å². The fraction of sp³-hybridized carbons (Fsp3) is 0.600. The smallest absolute Gasteiger partial charge is 0.330 e. The van der Waals surface area contributed by atoms with Crippen LogP contribution >= 0.6 is 23.0 Å². The summed E-state index contributed by atoms with van der Waals surface area (Å²) in [5.41, 5.74) is -0.857. The molecule has 2 heterocycles. The monoisotopic (exact) mass is 352 g/mol. The van der Waals surface area contributed by atoms with Gasteiger partial charge >= 0.3 is 5.69 Å². The van der Waals surface area contributed by atoms with Gasteiger partial charge in [-0.2, -0.15) is 0 Å². The summed E-state index contributed by atoms with van der Waals surface area (Å²) in [5, 5.41) is 0. The summed E-state index contributed by atoms with van der Waals surface area (Å²) in [7, 11) is 0. The standard InChI is InChI=1S/C10H13IN2O4/c1-2-6-7(17-11)5-9(16-6)13-4-3-8(14)12-10(13)15/h3-4,6-7,9H,2,5H2,1H3,(H,12,14,15)/t6-,7?,9-/m1/s1. The molecule has 17 heavy (non-hydrogen) atoms. The molecule has 0 saturated carbocycles. The van der Waals surface area contributed by atoms with Crippen molar-refractivity contribution in [1.82, 2.24) is 9.55 Å². The minimum atomic E-state index is -0.452. The molecule has 94 valence electrons. The first-order valence-corrected chi connectivity index (χ1v) is 6.28. The summed E-state index contributed by atoms with van der Waals surface area (Å²) in [6.45, 7) is 2.01. The predicted molar refractivity (Wildman–Crippen MR) is 69.0 cm³/mol. The third kappa shape index (κ3) is 2.61. The van der Waals surface area contributed by atoms with Crippen LogP contribution in [0.25, 0.3) is 0 Å². The second-order valence-corrected chi connectivity index (χ2v) is 4.43. The Morgan fingerprint density at radius 2 is 2.41 bits per heavy atom. The van der Waals surface area contributed by atoms with E-state index < -0.39 is 11.2 Å². The Balaban J connectivity index is 2.25. The van der Waals surface area contributed by atoms with Gasteiger partial charge in [0.25, 0.3) is 5.56 Å². The van der Waals surface area contributed by atoms with Gasteiger partial charge in [0.2, 0.25) is 0 Å². The summed E-state index contributed by atoms with van der Waals surface area (Å²) < 4.78 is 12.4. The second kappa shape index (κ2) is 5.32. The van der Waals surface area contributed by atoms with Crippen LogP contribution in [0.2, 0.25) is 0 Å². The number of halogens is 1. The van der Waals surface area contributed by atoms with Gasteiger partial charge < -0.3 is 7.80 Å². The van der Waals surface area contributed by atoms with Gasteiger partial charge in [-0.1, -0.05) is 6.92 Å². The van der Waals surface area contributed by atoms with E-state index in [1.54, 1.807) is 0 Å². The van der Waals surface area contributed by atoms with Gasteiger partial charge in [-0.25, -0.2) is 4.79 Å². The number of hydrogen-bond donors (Lipinski definition) is 1. The molecule has 0 aliphatic carbocycles. The largest absolute Gasteiger partial charge is 0.352 e. The Labute approximate surface area is 112 Å². The average Bonchev–Trinajstić information content (AvgIpc) is 2.72. The van der Waals surface area contributed by atoms with Crippen molar-refractivity contribution in [2.45, 2.75) is 38.2 Å². The minimum absolute atomic E-state index is 0.0178. The lowest BCUT2D eigenvalue weighted by molar-refractivity contribution is -0.0138. The molecule has 1 unspecified atom stereocenters. The zero-order chi connectivity index (χ0) is 12.4. The van der Waals surface area contributed by atoms with E-state index >= 15 is 0 Å². The average molecular weight is 352 g/mol. The zero-order valence-electron chi connectivity index (χ0n) is 9.26. The van der Waals surface area contributed by atoms with Gasteiger partial charge in [-0.05, 0) is 6.42 Å². The third-order valence-corrected chi connectivity index (χ3v) is 3.51. The van der Waals surface area contributed by atoms with Crippen molar-refractivity contribution in [3.05, 3.63) is 33.1 Å². The van der Waals surface area contributed by atoms with Gasteiger partial charge in [0.15, 0.2) is 0 Å². The van der Waals surface area contributed by atoms with Gasteiger partial charge in [0.1, 0.15) is 35.3 Å². The van der Waals surface area contributed by atoms with Crippen molar-refractivity contribution < 1.29 is 7.80 Å². The first-order valence-electron chi connectivity index (χ1n) is 5.40. The Bertz CT molecular complexity index is 486. The molecule has 1 aliphatic heterocycles. The van der Waals surface area contributed by atoms with Gasteiger partial charge in [0, 0.05) is 18.7 Å². The molecule has 1 N–H and O–H groups in total. The number of aromatic amines is 1. The molecule has 0 amide bonds. The van der Waals surface area contributed by atoms with Crippen molar-refractivity contribution in [2.24, 2.45) is 0 Å². The molecule has 2 rings (SSSR count). The molecular weight excluding hydrogens is 339 g/mol. The molecule has 0 aromatic carbocycles. The fourth-order valence-corrected chi connectivity index (χ4v) is 2.52. The maximum absolute atomic E-state index is 11.6. The van der Waals surface area contributed by atoms with Crippen molar-refractivity contribution in [3.8, 4) is 0 Å². The van der Waals surface area contributed by atoms with Crippen LogP contribution in [0.15, 0.2) is 21.9 Å². The van der Waals surface area contributed by atoms with Crippen molar-refractivity contribution in [1.29, 1.82) is 0 Å². The van der Waals surface area contributed by atoms with Crippen LogP contribution in [0.3, 0.4) is 0 Å². The minimum Gasteiger partial charge on any atom is -0.352 e. The second-order valence-electron chi connectivity index (χ2n) is 3.92. The van der Waals surface area contributed by atoms with E-state index in [1.165, 1.54) is 16.8 Å². The summed E-state index contributed by atoms with van der Waals surface area (Å²) in [5.74, 6) is 0. The van der Waals surface area contributed by atoms with E-state index in [9.17, 15) is 9.59 Å². The molecule has 1 aromatic rings. The number of nitrogens with one attached hydrogen (secondary N) is 1. The van der Waals surface area contributed by atoms with E-state index in [1.807, 2.05) is 29.9 Å². The zero-order valence-corrected chi connectivity index (χ0v) is 11.4. The first-order chi connectivity index (χ1) is 8.15. The van der Waals surface area contributed by atoms with Crippen LogP contribution in [-0.4, -0.2) is 21.8 Å². The van der Waals surface area contributed by atoms with Crippen molar-refractivity contribution >= 4 is 23.0 Å². The van der Waals surface area contributed by atoms with Crippen LogP contribution in [0.5, 0.6) is 0 Å². The number of hydrogen-bond acceptors (Lipinski definition) is 4. The Hall–Kier alpha value is -0.670. The SMILES string of the molecule is CC[C@H]1O[C@@H](n2ccc(=O)[nH]c2=O)CC1OI.